The van der Waals surface area contributed by atoms with Crippen molar-refractivity contribution in [2.45, 2.75) is 31.8 Å². The summed E-state index contributed by atoms with van der Waals surface area (Å²) >= 11 is 0. The molecule has 0 bridgehead atoms. The van der Waals surface area contributed by atoms with Crippen LogP contribution in [0.1, 0.15) is 25.7 Å². The molecule has 1 aromatic carbocycles. The van der Waals surface area contributed by atoms with Gasteiger partial charge in [0.1, 0.15) is 11.9 Å². The Hall–Kier alpha value is -1.84. The van der Waals surface area contributed by atoms with Gasteiger partial charge < -0.3 is 9.72 Å². The zero-order valence-corrected chi connectivity index (χ0v) is 9.48. The second kappa shape index (κ2) is 4.20. The van der Waals surface area contributed by atoms with Crippen molar-refractivity contribution < 1.29 is 9.53 Å². The molecular weight excluding hydrogens is 216 g/mol. The van der Waals surface area contributed by atoms with E-state index in [1.807, 2.05) is 24.3 Å². The highest BCUT2D eigenvalue weighted by Crippen LogP contribution is 2.21. The molecule has 1 N–H and O–H groups in total. The quantitative estimate of drug-likeness (QED) is 0.862. The molecular formula is C13H14N2O2. The van der Waals surface area contributed by atoms with Crippen molar-refractivity contribution in [3.63, 3.8) is 0 Å². The number of aromatic amines is 1. The van der Waals surface area contributed by atoms with Gasteiger partial charge in [-0.25, -0.2) is 0 Å². The van der Waals surface area contributed by atoms with Crippen LogP contribution in [0.25, 0.3) is 11.0 Å². The lowest BCUT2D eigenvalue weighted by Gasteiger charge is -2.20. The fourth-order valence-corrected chi connectivity index (χ4v) is 2.17. The van der Waals surface area contributed by atoms with Gasteiger partial charge in [0.2, 0.25) is 0 Å². The highest BCUT2D eigenvalue weighted by molar-refractivity contribution is 5.79. The van der Waals surface area contributed by atoms with Crippen molar-refractivity contribution in [3.8, 4) is 6.01 Å². The molecule has 2 aromatic rings. The molecule has 1 aliphatic rings. The number of nitrogens with zero attached hydrogens (tertiary/aromatic N) is 1. The normalized spacial score (nSPS) is 17.5. The van der Waals surface area contributed by atoms with Crippen LogP contribution in [-0.4, -0.2) is 21.9 Å². The molecule has 17 heavy (non-hydrogen) atoms. The van der Waals surface area contributed by atoms with Gasteiger partial charge in [0, 0.05) is 12.8 Å². The number of carbonyl (C=O) groups excluding carboxylic acids is 1. The Bertz CT molecular complexity index is 504. The van der Waals surface area contributed by atoms with Gasteiger partial charge >= 0.3 is 0 Å². The van der Waals surface area contributed by atoms with Gasteiger partial charge in [-0.3, -0.25) is 4.79 Å². The molecule has 0 saturated heterocycles. The Labute approximate surface area is 99.0 Å². The minimum Gasteiger partial charge on any atom is -0.461 e. The summed E-state index contributed by atoms with van der Waals surface area (Å²) in [6, 6.07) is 8.39. The number of ether oxygens (including phenoxy) is 1. The zero-order chi connectivity index (χ0) is 11.7. The Morgan fingerprint density at radius 2 is 2.00 bits per heavy atom. The van der Waals surface area contributed by atoms with Gasteiger partial charge in [-0.15, -0.1) is 0 Å². The summed E-state index contributed by atoms with van der Waals surface area (Å²) in [6.07, 6.45) is 2.98. The molecule has 1 aliphatic carbocycles. The summed E-state index contributed by atoms with van der Waals surface area (Å²) in [5.74, 6) is 0.342. The van der Waals surface area contributed by atoms with Crippen molar-refractivity contribution in [1.82, 2.24) is 9.97 Å². The first-order chi connectivity index (χ1) is 8.31. The average Bonchev–Trinajstić information content (AvgIpc) is 2.74. The standard InChI is InChI=1S/C13H14N2O2/c16-9-5-7-10(8-6-9)17-13-14-11-3-1-2-4-12(11)15-13/h1-4,10H,5-8H2,(H,14,15). The summed E-state index contributed by atoms with van der Waals surface area (Å²) in [5.41, 5.74) is 1.89. The van der Waals surface area contributed by atoms with Gasteiger partial charge in [-0.2, -0.15) is 4.98 Å². The molecule has 0 radical (unpaired) electrons. The van der Waals surface area contributed by atoms with Crippen LogP contribution in [0.15, 0.2) is 24.3 Å². The van der Waals surface area contributed by atoms with Crippen LogP contribution in [0.5, 0.6) is 6.01 Å². The number of fused-ring (bicyclic) bond motifs is 1. The summed E-state index contributed by atoms with van der Waals surface area (Å²) in [7, 11) is 0. The van der Waals surface area contributed by atoms with E-state index in [0.29, 0.717) is 24.6 Å². The molecule has 1 aromatic heterocycles. The molecule has 1 fully saturated rings. The highest BCUT2D eigenvalue weighted by atomic mass is 16.5. The number of para-hydroxylation sites is 2. The number of nitrogens with one attached hydrogen (secondary N) is 1. The fraction of sp³-hybridized carbons (Fsp3) is 0.385. The summed E-state index contributed by atoms with van der Waals surface area (Å²) < 4.78 is 5.77. The number of rotatable bonds is 2. The predicted molar refractivity (Wildman–Crippen MR) is 64.0 cm³/mol. The second-order valence-corrected chi connectivity index (χ2v) is 4.41. The van der Waals surface area contributed by atoms with Gasteiger partial charge in [-0.1, -0.05) is 12.1 Å². The van der Waals surface area contributed by atoms with Crippen LogP contribution >= 0.6 is 0 Å². The number of hydrogen-bond acceptors (Lipinski definition) is 3. The number of aromatic nitrogens is 2. The molecule has 0 atom stereocenters. The first-order valence-corrected chi connectivity index (χ1v) is 5.94. The Morgan fingerprint density at radius 3 is 2.76 bits per heavy atom. The molecule has 3 rings (SSSR count). The summed E-state index contributed by atoms with van der Waals surface area (Å²) in [4.78, 5) is 18.6. The van der Waals surface area contributed by atoms with Crippen LogP contribution in [0.2, 0.25) is 0 Å². The van der Waals surface area contributed by atoms with Crippen molar-refractivity contribution in [2.24, 2.45) is 0 Å². The first kappa shape index (κ1) is 10.3. The minimum atomic E-state index is 0.119. The third-order valence-corrected chi connectivity index (χ3v) is 3.14. The first-order valence-electron chi connectivity index (χ1n) is 5.94. The maximum absolute atomic E-state index is 11.1. The zero-order valence-electron chi connectivity index (χ0n) is 9.48. The molecule has 88 valence electrons. The van der Waals surface area contributed by atoms with Crippen LogP contribution in [0.4, 0.5) is 0 Å². The topological polar surface area (TPSA) is 55.0 Å². The van der Waals surface area contributed by atoms with E-state index in [1.54, 1.807) is 0 Å². The molecule has 0 unspecified atom stereocenters. The van der Waals surface area contributed by atoms with Crippen LogP contribution < -0.4 is 4.74 Å². The van der Waals surface area contributed by atoms with Crippen molar-refractivity contribution in [1.29, 1.82) is 0 Å². The average molecular weight is 230 g/mol. The third-order valence-electron chi connectivity index (χ3n) is 3.14. The molecule has 0 aliphatic heterocycles. The highest BCUT2D eigenvalue weighted by Gasteiger charge is 2.20. The number of carbonyl (C=O) groups is 1. The Morgan fingerprint density at radius 1 is 1.24 bits per heavy atom. The second-order valence-electron chi connectivity index (χ2n) is 4.41. The van der Waals surface area contributed by atoms with E-state index in [4.69, 9.17) is 4.74 Å². The van der Waals surface area contributed by atoms with E-state index in [-0.39, 0.29) is 6.10 Å². The van der Waals surface area contributed by atoms with E-state index >= 15 is 0 Å². The molecule has 0 amide bonds. The number of imidazole rings is 1. The number of Topliss-reactive ketones (excluding diaryl/α,β-unsaturated/α-hetero) is 1. The van der Waals surface area contributed by atoms with E-state index in [9.17, 15) is 4.79 Å². The lowest BCUT2D eigenvalue weighted by molar-refractivity contribution is -0.121. The summed E-state index contributed by atoms with van der Waals surface area (Å²) in [5, 5.41) is 0. The number of ketones is 1. The Kier molecular flexibility index (Phi) is 2.55. The van der Waals surface area contributed by atoms with Crippen LogP contribution in [-0.2, 0) is 4.79 Å². The number of benzene rings is 1. The molecule has 0 spiro atoms. The van der Waals surface area contributed by atoms with Crippen LogP contribution in [0, 0.1) is 0 Å². The molecule has 4 heteroatoms. The van der Waals surface area contributed by atoms with E-state index in [0.717, 1.165) is 23.9 Å². The van der Waals surface area contributed by atoms with E-state index in [2.05, 4.69) is 9.97 Å². The van der Waals surface area contributed by atoms with Gasteiger partial charge in [0.15, 0.2) is 0 Å². The fourth-order valence-electron chi connectivity index (χ4n) is 2.17. The van der Waals surface area contributed by atoms with Crippen molar-refractivity contribution >= 4 is 16.8 Å². The number of H-pyrrole nitrogens is 1. The summed E-state index contributed by atoms with van der Waals surface area (Å²) in [6.45, 7) is 0. The minimum absolute atomic E-state index is 0.119. The monoisotopic (exact) mass is 230 g/mol. The predicted octanol–water partition coefficient (Wildman–Crippen LogP) is 2.45. The van der Waals surface area contributed by atoms with Gasteiger partial charge in [-0.05, 0) is 25.0 Å². The SMILES string of the molecule is O=C1CCC(Oc2nc3ccccc3[nH]2)CC1. The maximum atomic E-state index is 11.1. The van der Waals surface area contributed by atoms with Crippen molar-refractivity contribution in [2.75, 3.05) is 0 Å². The molecule has 1 saturated carbocycles. The Balaban J connectivity index is 1.74. The van der Waals surface area contributed by atoms with Gasteiger partial charge in [0.25, 0.3) is 6.01 Å². The van der Waals surface area contributed by atoms with E-state index < -0.39 is 0 Å². The third kappa shape index (κ3) is 2.16. The lowest BCUT2D eigenvalue weighted by Crippen LogP contribution is -2.24. The number of hydrogen-bond donors (Lipinski definition) is 1. The largest absolute Gasteiger partial charge is 0.461 e. The van der Waals surface area contributed by atoms with Gasteiger partial charge in [0.05, 0.1) is 11.0 Å². The van der Waals surface area contributed by atoms with Crippen molar-refractivity contribution in [3.05, 3.63) is 24.3 Å². The smallest absolute Gasteiger partial charge is 0.294 e. The van der Waals surface area contributed by atoms with E-state index in [1.165, 1.54) is 0 Å². The molecule has 1 heterocycles. The lowest BCUT2D eigenvalue weighted by atomic mass is 9.97. The van der Waals surface area contributed by atoms with Crippen LogP contribution in [0.3, 0.4) is 0 Å². The maximum Gasteiger partial charge on any atom is 0.294 e. The molecule has 4 nitrogen and oxygen atoms in total.